The summed E-state index contributed by atoms with van der Waals surface area (Å²) < 4.78 is 32.9. The first-order chi connectivity index (χ1) is 17.4. The Hall–Kier alpha value is -4.21. The van der Waals surface area contributed by atoms with Crippen molar-refractivity contribution in [3.8, 4) is 0 Å². The zero-order valence-electron chi connectivity index (χ0n) is 19.6. The highest BCUT2D eigenvalue weighted by Crippen LogP contribution is 2.26. The van der Waals surface area contributed by atoms with Crippen molar-refractivity contribution in [1.82, 2.24) is 0 Å². The van der Waals surface area contributed by atoms with Crippen LogP contribution in [0.15, 0.2) is 128 Å². The molecule has 36 heavy (non-hydrogen) atoms. The Balaban J connectivity index is 1.41. The molecule has 0 aliphatic heterocycles. The summed E-state index contributed by atoms with van der Waals surface area (Å²) in [6.07, 6.45) is 0. The fourth-order valence-electron chi connectivity index (χ4n) is 3.52. The van der Waals surface area contributed by atoms with Crippen LogP contribution in [0.3, 0.4) is 0 Å². The van der Waals surface area contributed by atoms with Gasteiger partial charge in [0.1, 0.15) is 0 Å². The van der Waals surface area contributed by atoms with Crippen molar-refractivity contribution in [2.75, 3.05) is 11.4 Å². The number of hydrogen-bond acceptors (Lipinski definition) is 7. The molecule has 0 unspecified atom stereocenters. The summed E-state index contributed by atoms with van der Waals surface area (Å²) in [5.74, 6) is 0. The molecule has 182 valence electrons. The third-order valence-electron chi connectivity index (χ3n) is 5.38. The van der Waals surface area contributed by atoms with Crippen LogP contribution in [0, 0.1) is 0 Å². The van der Waals surface area contributed by atoms with Gasteiger partial charge in [-0.05, 0) is 79.2 Å². The van der Waals surface area contributed by atoms with Crippen LogP contribution >= 0.6 is 0 Å². The number of benzene rings is 4. The summed E-state index contributed by atoms with van der Waals surface area (Å²) in [5, 5.41) is 17.0. The van der Waals surface area contributed by atoms with E-state index in [2.05, 4.69) is 20.5 Å². The molecule has 0 radical (unpaired) electrons. The van der Waals surface area contributed by atoms with E-state index in [9.17, 15) is 13.0 Å². The van der Waals surface area contributed by atoms with Gasteiger partial charge in [0, 0.05) is 18.8 Å². The van der Waals surface area contributed by atoms with Crippen LogP contribution in [-0.4, -0.2) is 19.5 Å². The predicted molar refractivity (Wildman–Crippen MR) is 141 cm³/mol. The maximum atomic E-state index is 11.7. The first kappa shape index (κ1) is 24.9. The lowest BCUT2D eigenvalue weighted by molar-refractivity contribution is 0.482. The zero-order chi connectivity index (χ0) is 25.4. The molecule has 4 rings (SSSR count). The van der Waals surface area contributed by atoms with E-state index in [0.717, 1.165) is 17.1 Å². The number of rotatable bonds is 9. The third kappa shape index (κ3) is 6.68. The fourth-order valence-corrected chi connectivity index (χ4v) is 4.23. The molecule has 0 saturated carbocycles. The predicted octanol–water partition coefficient (Wildman–Crippen LogP) is 7.79. The van der Waals surface area contributed by atoms with Crippen molar-refractivity contribution >= 4 is 38.6 Å². The summed E-state index contributed by atoms with van der Waals surface area (Å²) in [7, 11) is -4.29. The molecule has 4 aromatic rings. The van der Waals surface area contributed by atoms with Gasteiger partial charge in [-0.2, -0.15) is 28.9 Å². The van der Waals surface area contributed by atoms with Crippen molar-refractivity contribution in [1.29, 1.82) is 0 Å². The Morgan fingerprint density at radius 2 is 1.08 bits per heavy atom. The Bertz CT molecular complexity index is 1450. The molecule has 8 nitrogen and oxygen atoms in total. The molecule has 0 aliphatic rings. The first-order valence-electron chi connectivity index (χ1n) is 11.3. The number of hydrogen-bond donors (Lipinski definition) is 1. The molecule has 0 fully saturated rings. The summed E-state index contributed by atoms with van der Waals surface area (Å²) >= 11 is 0. The van der Waals surface area contributed by atoms with Crippen LogP contribution < -0.4 is 4.90 Å². The standard InChI is InChI=1S/C27H25N5O3S/c1-2-32(20-21-8-6-7-11-27(21)36(33,34)35)26-18-16-25(17-19-26)31-30-24-14-12-23(13-15-24)29-28-22-9-4-3-5-10-22/h3-19H,2,20H2,1H3,(H,33,34,35). The molecule has 9 heteroatoms. The van der Waals surface area contributed by atoms with Crippen molar-refractivity contribution < 1.29 is 13.0 Å². The molecule has 0 spiro atoms. The summed E-state index contributed by atoms with van der Waals surface area (Å²) in [5.41, 5.74) is 4.30. The highest BCUT2D eigenvalue weighted by molar-refractivity contribution is 7.85. The van der Waals surface area contributed by atoms with Crippen molar-refractivity contribution in [2.45, 2.75) is 18.4 Å². The minimum Gasteiger partial charge on any atom is -0.367 e. The van der Waals surface area contributed by atoms with Crippen LogP contribution in [0.25, 0.3) is 0 Å². The second-order valence-corrected chi connectivity index (χ2v) is 9.26. The lowest BCUT2D eigenvalue weighted by Gasteiger charge is -2.24. The van der Waals surface area contributed by atoms with Crippen LogP contribution in [0.2, 0.25) is 0 Å². The Kier molecular flexibility index (Phi) is 7.94. The summed E-state index contributed by atoms with van der Waals surface area (Å²) in [6, 6.07) is 30.8. The minimum absolute atomic E-state index is 0.0820. The van der Waals surface area contributed by atoms with Gasteiger partial charge in [-0.15, -0.1) is 0 Å². The molecule has 0 bridgehead atoms. The molecule has 0 atom stereocenters. The normalized spacial score (nSPS) is 11.8. The van der Waals surface area contributed by atoms with E-state index in [1.807, 2.05) is 90.7 Å². The minimum atomic E-state index is -4.29. The maximum Gasteiger partial charge on any atom is 0.294 e. The zero-order valence-corrected chi connectivity index (χ0v) is 20.5. The van der Waals surface area contributed by atoms with Crippen molar-refractivity contribution in [3.63, 3.8) is 0 Å². The summed E-state index contributed by atoms with van der Waals surface area (Å²) in [6.45, 7) is 2.96. The lowest BCUT2D eigenvalue weighted by atomic mass is 10.2. The third-order valence-corrected chi connectivity index (χ3v) is 6.33. The number of nitrogens with zero attached hydrogens (tertiary/aromatic N) is 5. The Morgan fingerprint density at radius 1 is 0.639 bits per heavy atom. The Labute approximate surface area is 210 Å². The van der Waals surface area contributed by atoms with Gasteiger partial charge in [-0.3, -0.25) is 4.55 Å². The van der Waals surface area contributed by atoms with Crippen molar-refractivity contribution in [2.24, 2.45) is 20.5 Å². The van der Waals surface area contributed by atoms with Gasteiger partial charge < -0.3 is 4.90 Å². The fraction of sp³-hybridized carbons (Fsp3) is 0.111. The average Bonchev–Trinajstić information content (AvgIpc) is 2.90. The van der Waals surface area contributed by atoms with E-state index < -0.39 is 10.1 Å². The van der Waals surface area contributed by atoms with E-state index in [1.165, 1.54) is 6.07 Å². The quantitative estimate of drug-likeness (QED) is 0.187. The van der Waals surface area contributed by atoms with E-state index in [-0.39, 0.29) is 4.90 Å². The smallest absolute Gasteiger partial charge is 0.294 e. The van der Waals surface area contributed by atoms with Crippen LogP contribution in [0.1, 0.15) is 12.5 Å². The Morgan fingerprint density at radius 3 is 1.58 bits per heavy atom. The number of anilines is 1. The van der Waals surface area contributed by atoms with Gasteiger partial charge in [-0.25, -0.2) is 0 Å². The molecule has 0 aliphatic carbocycles. The van der Waals surface area contributed by atoms with E-state index >= 15 is 0 Å². The topological polar surface area (TPSA) is 107 Å². The van der Waals surface area contributed by atoms with E-state index in [0.29, 0.717) is 30.0 Å². The number of azo groups is 2. The largest absolute Gasteiger partial charge is 0.367 e. The van der Waals surface area contributed by atoms with Crippen LogP contribution in [0.4, 0.5) is 28.4 Å². The molecular formula is C27H25N5O3S. The average molecular weight is 500 g/mol. The van der Waals surface area contributed by atoms with E-state index in [4.69, 9.17) is 0 Å². The second kappa shape index (κ2) is 11.5. The highest BCUT2D eigenvalue weighted by atomic mass is 32.2. The van der Waals surface area contributed by atoms with Gasteiger partial charge in [0.15, 0.2) is 0 Å². The van der Waals surface area contributed by atoms with E-state index in [1.54, 1.807) is 18.2 Å². The summed E-state index contributed by atoms with van der Waals surface area (Å²) in [4.78, 5) is 1.93. The first-order valence-corrected chi connectivity index (χ1v) is 12.8. The molecule has 0 saturated heterocycles. The highest BCUT2D eigenvalue weighted by Gasteiger charge is 2.16. The molecule has 0 heterocycles. The molecule has 0 aromatic heterocycles. The SMILES string of the molecule is CCN(Cc1ccccc1S(=O)(=O)O)c1ccc(N=Nc2ccc(N=Nc3ccccc3)cc2)cc1. The van der Waals surface area contributed by atoms with Gasteiger partial charge in [0.2, 0.25) is 0 Å². The molecule has 4 aromatic carbocycles. The molecule has 0 amide bonds. The lowest BCUT2D eigenvalue weighted by Crippen LogP contribution is -2.23. The maximum absolute atomic E-state index is 11.7. The van der Waals surface area contributed by atoms with Gasteiger partial charge in [-0.1, -0.05) is 36.4 Å². The molecule has 1 N–H and O–H groups in total. The van der Waals surface area contributed by atoms with Gasteiger partial charge in [0.25, 0.3) is 10.1 Å². The molecular weight excluding hydrogens is 474 g/mol. The monoisotopic (exact) mass is 499 g/mol. The second-order valence-electron chi connectivity index (χ2n) is 7.87. The van der Waals surface area contributed by atoms with Crippen LogP contribution in [-0.2, 0) is 16.7 Å². The van der Waals surface area contributed by atoms with Gasteiger partial charge in [0.05, 0.1) is 27.6 Å². The van der Waals surface area contributed by atoms with Crippen LogP contribution in [0.5, 0.6) is 0 Å². The van der Waals surface area contributed by atoms with Gasteiger partial charge >= 0.3 is 0 Å². The van der Waals surface area contributed by atoms with Crippen molar-refractivity contribution in [3.05, 3.63) is 109 Å².